The summed E-state index contributed by atoms with van der Waals surface area (Å²) in [7, 11) is 0. The minimum Gasteiger partial charge on any atom is -0.240 e. The number of rotatable bonds is 1. The van der Waals surface area contributed by atoms with E-state index in [2.05, 4.69) is 5.10 Å². The molecule has 0 atom stereocenters. The highest BCUT2D eigenvalue weighted by atomic mass is 35.5. The monoisotopic (exact) mass is 314 g/mol. The fourth-order valence-corrected chi connectivity index (χ4v) is 2.25. The first-order valence-corrected chi connectivity index (χ1v) is 6.24. The Balaban J connectivity index is 2.13. The molecule has 3 rings (SSSR count). The zero-order valence-electron chi connectivity index (χ0n) is 10.3. The first kappa shape index (κ1) is 13.9. The van der Waals surface area contributed by atoms with Gasteiger partial charge < -0.3 is 0 Å². The minimum atomic E-state index is -4.44. The highest BCUT2D eigenvalue weighted by Gasteiger charge is 2.31. The molecular weight excluding hydrogens is 308 g/mol. The van der Waals surface area contributed by atoms with Crippen molar-refractivity contribution < 1.29 is 17.6 Å². The summed E-state index contributed by atoms with van der Waals surface area (Å²) in [6, 6.07) is 7.65. The van der Waals surface area contributed by atoms with Crippen molar-refractivity contribution in [2.75, 3.05) is 0 Å². The van der Waals surface area contributed by atoms with E-state index in [1.54, 1.807) is 6.07 Å². The Morgan fingerprint density at radius 2 is 1.81 bits per heavy atom. The van der Waals surface area contributed by atoms with Crippen LogP contribution in [0.15, 0.2) is 42.6 Å². The van der Waals surface area contributed by atoms with Gasteiger partial charge in [0.15, 0.2) is 0 Å². The molecule has 108 valence electrons. The number of fused-ring (bicyclic) bond motifs is 1. The van der Waals surface area contributed by atoms with Crippen molar-refractivity contribution in [3.8, 4) is 11.3 Å². The Morgan fingerprint density at radius 3 is 2.48 bits per heavy atom. The molecule has 2 heterocycles. The molecule has 1 aromatic carbocycles. The third kappa shape index (κ3) is 2.58. The van der Waals surface area contributed by atoms with E-state index >= 15 is 0 Å². The van der Waals surface area contributed by atoms with Crippen molar-refractivity contribution in [2.45, 2.75) is 6.18 Å². The summed E-state index contributed by atoms with van der Waals surface area (Å²) in [4.78, 5) is 0. The number of hydrogen-bond acceptors (Lipinski definition) is 1. The molecule has 2 aromatic heterocycles. The molecule has 0 amide bonds. The van der Waals surface area contributed by atoms with Crippen LogP contribution in [0.5, 0.6) is 0 Å². The van der Waals surface area contributed by atoms with E-state index in [1.807, 2.05) is 0 Å². The first-order valence-electron chi connectivity index (χ1n) is 5.87. The quantitative estimate of drug-likeness (QED) is 0.589. The van der Waals surface area contributed by atoms with Crippen LogP contribution >= 0.6 is 11.6 Å². The Bertz CT molecular complexity index is 823. The van der Waals surface area contributed by atoms with Crippen LogP contribution in [0.3, 0.4) is 0 Å². The number of hydrogen-bond donors (Lipinski definition) is 0. The van der Waals surface area contributed by atoms with Crippen molar-refractivity contribution in [1.82, 2.24) is 9.61 Å². The zero-order valence-corrected chi connectivity index (χ0v) is 11.1. The minimum absolute atomic E-state index is 0.148. The molecule has 0 radical (unpaired) electrons. The highest BCUT2D eigenvalue weighted by Crippen LogP contribution is 2.31. The molecule has 21 heavy (non-hydrogen) atoms. The van der Waals surface area contributed by atoms with E-state index in [0.717, 1.165) is 22.8 Å². The van der Waals surface area contributed by atoms with Gasteiger partial charge in [0.1, 0.15) is 5.82 Å². The molecule has 0 spiro atoms. The molecular formula is C14H7ClF4N2. The first-order chi connectivity index (χ1) is 9.84. The number of benzene rings is 1. The van der Waals surface area contributed by atoms with Crippen LogP contribution in [-0.2, 0) is 6.18 Å². The summed E-state index contributed by atoms with van der Waals surface area (Å²) in [6.45, 7) is 0. The summed E-state index contributed by atoms with van der Waals surface area (Å²) in [5.41, 5.74) is 0.517. The number of aromatic nitrogens is 2. The Morgan fingerprint density at radius 1 is 1.05 bits per heavy atom. The van der Waals surface area contributed by atoms with E-state index in [-0.39, 0.29) is 5.02 Å². The molecule has 0 bridgehead atoms. The summed E-state index contributed by atoms with van der Waals surface area (Å²) in [5.74, 6) is -0.494. The predicted molar refractivity (Wildman–Crippen MR) is 70.6 cm³/mol. The molecule has 3 aromatic rings. The van der Waals surface area contributed by atoms with Crippen molar-refractivity contribution in [3.63, 3.8) is 0 Å². The van der Waals surface area contributed by atoms with E-state index in [9.17, 15) is 17.6 Å². The van der Waals surface area contributed by atoms with E-state index in [4.69, 9.17) is 11.6 Å². The predicted octanol–water partition coefficient (Wildman–Crippen LogP) is 4.81. The lowest BCUT2D eigenvalue weighted by atomic mass is 10.1. The molecule has 0 aliphatic carbocycles. The van der Waals surface area contributed by atoms with Gasteiger partial charge in [0.25, 0.3) is 0 Å². The fourth-order valence-electron chi connectivity index (χ4n) is 1.98. The Labute approximate surface area is 121 Å². The molecule has 0 aliphatic heterocycles. The van der Waals surface area contributed by atoms with Crippen LogP contribution in [0.25, 0.3) is 16.8 Å². The molecule has 0 saturated heterocycles. The van der Waals surface area contributed by atoms with Crippen molar-refractivity contribution in [2.24, 2.45) is 0 Å². The molecule has 7 heteroatoms. The lowest BCUT2D eigenvalue weighted by Gasteiger charge is -2.05. The number of alkyl halides is 3. The maximum absolute atomic E-state index is 13.0. The topological polar surface area (TPSA) is 17.3 Å². The summed E-state index contributed by atoms with van der Waals surface area (Å²) in [6.07, 6.45) is -3.54. The van der Waals surface area contributed by atoms with Gasteiger partial charge in [0.2, 0.25) is 0 Å². The fraction of sp³-hybridized carbons (Fsp3) is 0.0714. The lowest BCUT2D eigenvalue weighted by molar-refractivity contribution is -0.137. The second-order valence-electron chi connectivity index (χ2n) is 4.44. The van der Waals surface area contributed by atoms with Gasteiger partial charge in [-0.3, -0.25) is 0 Å². The largest absolute Gasteiger partial charge is 0.417 e. The smallest absolute Gasteiger partial charge is 0.240 e. The van der Waals surface area contributed by atoms with Crippen molar-refractivity contribution in [3.05, 3.63) is 59.0 Å². The van der Waals surface area contributed by atoms with Crippen LogP contribution in [0, 0.1) is 5.82 Å². The van der Waals surface area contributed by atoms with Crippen molar-refractivity contribution in [1.29, 1.82) is 0 Å². The van der Waals surface area contributed by atoms with Gasteiger partial charge in [-0.1, -0.05) is 11.6 Å². The molecule has 0 unspecified atom stereocenters. The maximum Gasteiger partial charge on any atom is 0.417 e. The van der Waals surface area contributed by atoms with Crippen LogP contribution in [0.1, 0.15) is 5.56 Å². The van der Waals surface area contributed by atoms with Gasteiger partial charge >= 0.3 is 6.18 Å². The standard InChI is InChI=1S/C14H7ClF4N2/c15-12-5-9(16)2-4-11(12)13-6-10-3-1-8(14(17,18)19)7-21(10)20-13/h1-7H. The van der Waals surface area contributed by atoms with Gasteiger partial charge in [0.05, 0.1) is 21.8 Å². The summed E-state index contributed by atoms with van der Waals surface area (Å²) in [5, 5.41) is 4.21. The van der Waals surface area contributed by atoms with E-state index < -0.39 is 17.6 Å². The molecule has 0 saturated carbocycles. The Kier molecular flexibility index (Phi) is 3.13. The van der Waals surface area contributed by atoms with Crippen LogP contribution < -0.4 is 0 Å². The molecule has 0 aliphatic rings. The van der Waals surface area contributed by atoms with Gasteiger partial charge in [-0.05, 0) is 36.4 Å². The average Bonchev–Trinajstić information content (AvgIpc) is 2.79. The summed E-state index contributed by atoms with van der Waals surface area (Å²) < 4.78 is 52.1. The number of halogens is 5. The maximum atomic E-state index is 13.0. The van der Waals surface area contributed by atoms with Gasteiger partial charge in [-0.2, -0.15) is 18.3 Å². The van der Waals surface area contributed by atoms with E-state index in [1.165, 1.54) is 18.2 Å². The second-order valence-corrected chi connectivity index (χ2v) is 4.85. The molecule has 0 fully saturated rings. The van der Waals surface area contributed by atoms with Crippen LogP contribution in [0.2, 0.25) is 5.02 Å². The number of nitrogens with zero attached hydrogens (tertiary/aromatic N) is 2. The third-order valence-corrected chi connectivity index (χ3v) is 3.31. The Hall–Kier alpha value is -2.08. The third-order valence-electron chi connectivity index (χ3n) is 2.99. The SMILES string of the molecule is Fc1ccc(-c2cc3ccc(C(F)(F)F)cn3n2)c(Cl)c1. The lowest BCUT2D eigenvalue weighted by Crippen LogP contribution is -2.06. The number of pyridine rings is 1. The highest BCUT2D eigenvalue weighted by molar-refractivity contribution is 6.33. The summed E-state index contributed by atoms with van der Waals surface area (Å²) >= 11 is 5.93. The van der Waals surface area contributed by atoms with Gasteiger partial charge in [-0.25, -0.2) is 8.91 Å². The molecule has 2 nitrogen and oxygen atoms in total. The van der Waals surface area contributed by atoms with Crippen LogP contribution in [-0.4, -0.2) is 9.61 Å². The second kappa shape index (κ2) is 4.73. The van der Waals surface area contributed by atoms with Gasteiger partial charge in [-0.15, -0.1) is 0 Å². The molecule has 0 N–H and O–H groups in total. The normalized spacial score (nSPS) is 12.0. The van der Waals surface area contributed by atoms with Gasteiger partial charge in [0, 0.05) is 11.8 Å². The van der Waals surface area contributed by atoms with Crippen molar-refractivity contribution >= 4 is 17.1 Å². The van der Waals surface area contributed by atoms with Crippen LogP contribution in [0.4, 0.5) is 17.6 Å². The zero-order chi connectivity index (χ0) is 15.2. The van der Waals surface area contributed by atoms with E-state index in [0.29, 0.717) is 16.8 Å². The average molecular weight is 315 g/mol.